The fourth-order valence-corrected chi connectivity index (χ4v) is 6.50. The molecule has 1 amide bonds. The van der Waals surface area contributed by atoms with Crippen LogP contribution >= 0.6 is 10.0 Å². The van der Waals surface area contributed by atoms with Crippen molar-refractivity contribution in [3.63, 3.8) is 0 Å². The van der Waals surface area contributed by atoms with Gasteiger partial charge in [0.25, 0.3) is 5.91 Å². The lowest BCUT2D eigenvalue weighted by Gasteiger charge is -2.42. The van der Waals surface area contributed by atoms with Gasteiger partial charge in [-0.25, -0.2) is 14.4 Å². The Balaban J connectivity index is 1.41. The number of carbonyl (C=O) groups is 1. The molecular weight excluding hydrogens is 473 g/mol. The smallest absolute Gasteiger partial charge is 0.258 e. The van der Waals surface area contributed by atoms with Gasteiger partial charge in [-0.1, -0.05) is 12.1 Å². The first-order valence-corrected chi connectivity index (χ1v) is 14.8. The van der Waals surface area contributed by atoms with Gasteiger partial charge in [0.05, 0.1) is 18.2 Å². The third kappa shape index (κ3) is 4.67. The van der Waals surface area contributed by atoms with E-state index in [0.717, 1.165) is 30.0 Å². The minimum Gasteiger partial charge on any atom is -0.496 e. The maximum Gasteiger partial charge on any atom is 0.258 e. The predicted octanol–water partition coefficient (Wildman–Crippen LogP) is 6.18. The van der Waals surface area contributed by atoms with Crippen LogP contribution in [0.4, 0.5) is 21.5 Å². The molecule has 0 aliphatic carbocycles. The van der Waals surface area contributed by atoms with E-state index in [4.69, 9.17) is 4.74 Å². The Morgan fingerprint density at radius 2 is 1.78 bits per heavy atom. The number of fused-ring (bicyclic) bond motifs is 1. The van der Waals surface area contributed by atoms with Gasteiger partial charge in [-0.15, -0.1) is 0 Å². The minimum absolute atomic E-state index is 0.178. The lowest BCUT2D eigenvalue weighted by Crippen LogP contribution is -2.37. The normalized spacial score (nSPS) is 18.8. The van der Waals surface area contributed by atoms with Crippen molar-refractivity contribution in [3.05, 3.63) is 77.7 Å². The Morgan fingerprint density at radius 1 is 1.06 bits per heavy atom. The van der Waals surface area contributed by atoms with Crippen LogP contribution in [0, 0.1) is 5.82 Å². The summed E-state index contributed by atoms with van der Waals surface area (Å²) in [6.45, 7) is 4.10. The maximum absolute atomic E-state index is 14.7. The number of benzene rings is 3. The molecule has 0 saturated carbocycles. The number of hydrogen-bond donors (Lipinski definition) is 2. The Bertz CT molecular complexity index is 1340. The highest BCUT2D eigenvalue weighted by atomic mass is 32.3. The average molecular weight is 506 g/mol. The summed E-state index contributed by atoms with van der Waals surface area (Å²) in [4.78, 5) is 15.4. The van der Waals surface area contributed by atoms with Crippen molar-refractivity contribution in [1.29, 1.82) is 0 Å². The van der Waals surface area contributed by atoms with Gasteiger partial charge in [0.2, 0.25) is 0 Å². The quantitative estimate of drug-likeness (QED) is 0.407. The molecule has 5 nitrogen and oxygen atoms in total. The topological polar surface area (TPSA) is 53.6 Å². The van der Waals surface area contributed by atoms with Crippen molar-refractivity contribution in [2.45, 2.75) is 6.92 Å². The highest BCUT2D eigenvalue weighted by molar-refractivity contribution is 8.32. The van der Waals surface area contributed by atoms with Crippen molar-refractivity contribution in [3.8, 4) is 16.9 Å². The van der Waals surface area contributed by atoms with Crippen LogP contribution in [0.25, 0.3) is 16.7 Å². The number of rotatable bonds is 5. The molecule has 7 heteroatoms. The number of allylic oxidation sites excluding steroid dienone is 1. The second-order valence-electron chi connectivity index (χ2n) is 9.87. The van der Waals surface area contributed by atoms with Crippen molar-refractivity contribution < 1.29 is 13.9 Å². The molecule has 0 atom stereocenters. The third-order valence-electron chi connectivity index (χ3n) is 7.02. The summed E-state index contributed by atoms with van der Waals surface area (Å²) in [5.41, 5.74) is 5.91. The molecule has 0 spiro atoms. The second kappa shape index (κ2) is 9.54. The van der Waals surface area contributed by atoms with E-state index in [2.05, 4.69) is 52.3 Å². The molecule has 3 aromatic rings. The first-order chi connectivity index (χ1) is 17.3. The van der Waals surface area contributed by atoms with Crippen LogP contribution in [0.2, 0.25) is 0 Å². The van der Waals surface area contributed by atoms with Crippen molar-refractivity contribution in [1.82, 2.24) is 0 Å². The number of nitrogens with zero attached hydrogens (tertiary/aromatic N) is 1. The van der Waals surface area contributed by atoms with Crippen molar-refractivity contribution in [2.75, 3.05) is 59.8 Å². The summed E-state index contributed by atoms with van der Waals surface area (Å²) >= 11 is 0. The lowest BCUT2D eigenvalue weighted by molar-refractivity contribution is -0.110. The number of nitrogens with one attached hydrogen (secondary N) is 2. The zero-order valence-electron chi connectivity index (χ0n) is 21.2. The highest BCUT2D eigenvalue weighted by Gasteiger charge is 2.28. The second-order valence-corrected chi connectivity index (χ2v) is 14.2. The summed E-state index contributed by atoms with van der Waals surface area (Å²) < 4.78 is 20.1. The van der Waals surface area contributed by atoms with Crippen LogP contribution < -0.4 is 20.3 Å². The molecular formula is C29H32FN3O2S. The number of methoxy groups -OCH3 is 1. The number of hydrogen-bond acceptors (Lipinski definition) is 4. The van der Waals surface area contributed by atoms with Crippen LogP contribution in [0.1, 0.15) is 12.5 Å². The monoisotopic (exact) mass is 505 g/mol. The van der Waals surface area contributed by atoms with Crippen molar-refractivity contribution in [2.24, 2.45) is 0 Å². The fraction of sp³-hybridized carbons (Fsp3) is 0.276. The van der Waals surface area contributed by atoms with E-state index in [1.54, 1.807) is 18.2 Å². The molecule has 1 fully saturated rings. The fourth-order valence-electron chi connectivity index (χ4n) is 4.87. The number of ether oxygens (including phenoxy) is 1. The molecule has 36 heavy (non-hydrogen) atoms. The Kier molecular flexibility index (Phi) is 6.43. The zero-order chi connectivity index (χ0) is 25.4. The highest BCUT2D eigenvalue weighted by Crippen LogP contribution is 2.43. The van der Waals surface area contributed by atoms with E-state index in [0.29, 0.717) is 28.1 Å². The van der Waals surface area contributed by atoms with Gasteiger partial charge < -0.3 is 20.3 Å². The summed E-state index contributed by atoms with van der Waals surface area (Å²) in [6, 6.07) is 18.6. The van der Waals surface area contributed by atoms with Crippen LogP contribution in [0.3, 0.4) is 0 Å². The largest absolute Gasteiger partial charge is 0.496 e. The molecule has 2 aliphatic heterocycles. The Labute approximate surface area is 213 Å². The van der Waals surface area contributed by atoms with E-state index in [9.17, 15) is 9.18 Å². The molecule has 2 heterocycles. The number of halogens is 1. The van der Waals surface area contributed by atoms with E-state index < -0.39 is 10.0 Å². The Hall–Kier alpha value is -3.45. The van der Waals surface area contributed by atoms with E-state index in [1.807, 2.05) is 19.1 Å². The first-order valence-electron chi connectivity index (χ1n) is 12.1. The first kappa shape index (κ1) is 24.3. The van der Waals surface area contributed by atoms with Gasteiger partial charge in [0.1, 0.15) is 11.6 Å². The zero-order valence-corrected chi connectivity index (χ0v) is 22.0. The average Bonchev–Trinajstić information content (AvgIpc) is 3.19. The molecule has 3 aromatic carbocycles. The van der Waals surface area contributed by atoms with E-state index in [1.165, 1.54) is 30.4 Å². The number of carbonyl (C=O) groups excluding carboxylic acids is 1. The SMILES string of the molecule is COc1cccc(F)c1-c1ccc2c(c1)/C(=C(\C)Nc1ccc(N3CCS(C)(C)CC3)cc1)C(=O)N2. The van der Waals surface area contributed by atoms with Gasteiger partial charge in [0.15, 0.2) is 0 Å². The van der Waals surface area contributed by atoms with Crippen LogP contribution in [-0.4, -0.2) is 50.1 Å². The maximum atomic E-state index is 14.7. The molecule has 2 N–H and O–H groups in total. The predicted molar refractivity (Wildman–Crippen MR) is 151 cm³/mol. The summed E-state index contributed by atoms with van der Waals surface area (Å²) in [6.07, 6.45) is 4.83. The molecule has 0 bridgehead atoms. The molecule has 5 rings (SSSR count). The number of amides is 1. The molecule has 0 unspecified atom stereocenters. The van der Waals surface area contributed by atoms with Crippen LogP contribution in [0.15, 0.2) is 66.4 Å². The van der Waals surface area contributed by atoms with Crippen LogP contribution in [0.5, 0.6) is 5.75 Å². The van der Waals surface area contributed by atoms with E-state index in [-0.39, 0.29) is 11.7 Å². The summed E-state index contributed by atoms with van der Waals surface area (Å²) in [5, 5.41) is 6.33. The molecule has 2 aliphatic rings. The van der Waals surface area contributed by atoms with Gasteiger partial charge in [0, 0.05) is 41.4 Å². The van der Waals surface area contributed by atoms with Gasteiger partial charge in [-0.05, 0) is 85.0 Å². The standard InChI is InChI=1S/C29H32FN3O2S/c1-19(31-21-9-11-22(12-10-21)33-14-16-36(3,4)17-15-33)27-23-18-20(8-13-25(23)32-29(27)34)28-24(30)6-5-7-26(28)35-2/h5-13,18,31H,14-17H2,1-4H3,(H,32,34)/b27-19-. The van der Waals surface area contributed by atoms with Gasteiger partial charge in [-0.2, -0.15) is 0 Å². The molecule has 188 valence electrons. The third-order valence-corrected chi connectivity index (χ3v) is 9.59. The molecule has 1 saturated heterocycles. The number of anilines is 3. The minimum atomic E-state index is -0.440. The van der Waals surface area contributed by atoms with Crippen molar-refractivity contribution >= 4 is 38.6 Å². The Morgan fingerprint density at radius 3 is 2.47 bits per heavy atom. The molecule has 0 aromatic heterocycles. The van der Waals surface area contributed by atoms with E-state index >= 15 is 0 Å². The van der Waals surface area contributed by atoms with Gasteiger partial charge in [-0.3, -0.25) is 4.79 Å². The molecule has 0 radical (unpaired) electrons. The summed E-state index contributed by atoms with van der Waals surface area (Å²) in [5.74, 6) is 2.45. The van der Waals surface area contributed by atoms with Gasteiger partial charge >= 0.3 is 0 Å². The van der Waals surface area contributed by atoms with Crippen LogP contribution in [-0.2, 0) is 4.79 Å². The lowest BCUT2D eigenvalue weighted by atomic mass is 9.97. The summed E-state index contributed by atoms with van der Waals surface area (Å²) in [7, 11) is 1.08.